The van der Waals surface area contributed by atoms with Crippen LogP contribution in [0.15, 0.2) is 30.2 Å². The molecule has 0 bridgehead atoms. The monoisotopic (exact) mass is 222 g/mol. The highest BCUT2D eigenvalue weighted by molar-refractivity contribution is 7.10. The molecule has 5 heteroatoms. The van der Waals surface area contributed by atoms with Crippen molar-refractivity contribution in [3.8, 4) is 0 Å². The van der Waals surface area contributed by atoms with Crippen LogP contribution in [0.2, 0.25) is 0 Å². The third kappa shape index (κ3) is 2.08. The summed E-state index contributed by atoms with van der Waals surface area (Å²) in [4.78, 5) is 5.20. The van der Waals surface area contributed by atoms with E-state index in [-0.39, 0.29) is 12.1 Å². The van der Waals surface area contributed by atoms with E-state index >= 15 is 0 Å². The van der Waals surface area contributed by atoms with Gasteiger partial charge in [-0.15, -0.1) is 11.3 Å². The minimum Gasteiger partial charge on any atom is -0.326 e. The molecule has 2 rings (SSSR count). The largest absolute Gasteiger partial charge is 0.326 e. The first-order chi connectivity index (χ1) is 7.33. The van der Waals surface area contributed by atoms with E-state index in [1.165, 1.54) is 4.88 Å². The van der Waals surface area contributed by atoms with Crippen LogP contribution >= 0.6 is 11.3 Å². The highest BCUT2D eigenvalue weighted by Gasteiger charge is 2.21. The zero-order valence-electron chi connectivity index (χ0n) is 8.58. The van der Waals surface area contributed by atoms with Gasteiger partial charge in [0.2, 0.25) is 0 Å². The summed E-state index contributed by atoms with van der Waals surface area (Å²) < 4.78 is 1.83. The summed E-state index contributed by atoms with van der Waals surface area (Å²) in [7, 11) is 0. The highest BCUT2D eigenvalue weighted by Crippen LogP contribution is 2.25. The Morgan fingerprint density at radius 2 is 2.47 bits per heavy atom. The molecule has 4 nitrogen and oxygen atoms in total. The molecule has 2 aromatic heterocycles. The molecule has 0 amide bonds. The van der Waals surface area contributed by atoms with Gasteiger partial charge >= 0.3 is 0 Å². The van der Waals surface area contributed by atoms with Gasteiger partial charge in [-0.1, -0.05) is 13.0 Å². The number of thiophene rings is 1. The van der Waals surface area contributed by atoms with Gasteiger partial charge in [-0.3, -0.25) is 0 Å². The van der Waals surface area contributed by atoms with Gasteiger partial charge < -0.3 is 5.73 Å². The molecular formula is C10H14N4S. The predicted molar refractivity (Wildman–Crippen MR) is 60.7 cm³/mol. The first-order valence-electron chi connectivity index (χ1n) is 4.96. The Morgan fingerprint density at radius 3 is 3.00 bits per heavy atom. The predicted octanol–water partition coefficient (Wildman–Crippen LogP) is 1.67. The van der Waals surface area contributed by atoms with Crippen molar-refractivity contribution in [1.82, 2.24) is 14.8 Å². The molecule has 0 saturated heterocycles. The molecule has 2 atom stereocenters. The summed E-state index contributed by atoms with van der Waals surface area (Å²) in [6.07, 6.45) is 4.19. The van der Waals surface area contributed by atoms with Crippen LogP contribution in [-0.4, -0.2) is 20.8 Å². The lowest BCUT2D eigenvalue weighted by Gasteiger charge is -2.21. The van der Waals surface area contributed by atoms with E-state index in [9.17, 15) is 0 Å². The molecule has 2 heterocycles. The topological polar surface area (TPSA) is 56.7 Å². The van der Waals surface area contributed by atoms with Crippen LogP contribution in [0.5, 0.6) is 0 Å². The van der Waals surface area contributed by atoms with Crippen LogP contribution in [0.4, 0.5) is 0 Å². The van der Waals surface area contributed by atoms with Gasteiger partial charge in [0.1, 0.15) is 18.7 Å². The number of hydrogen-bond donors (Lipinski definition) is 1. The first-order valence-corrected chi connectivity index (χ1v) is 5.84. The number of hydrogen-bond acceptors (Lipinski definition) is 4. The number of rotatable bonds is 4. The van der Waals surface area contributed by atoms with Gasteiger partial charge in [0.05, 0.1) is 0 Å². The Labute approximate surface area is 92.8 Å². The fourth-order valence-corrected chi connectivity index (χ4v) is 2.48. The second kappa shape index (κ2) is 4.55. The number of aromatic nitrogens is 3. The Kier molecular flexibility index (Phi) is 3.13. The zero-order valence-corrected chi connectivity index (χ0v) is 9.39. The average molecular weight is 222 g/mol. The standard InChI is InChI=1S/C10H14N4S/c1-2-8(11)10(9-4-3-5-15-9)14-7-12-6-13-14/h3-8,10H,2,11H2,1H3. The van der Waals surface area contributed by atoms with Gasteiger partial charge in [-0.2, -0.15) is 5.10 Å². The summed E-state index contributed by atoms with van der Waals surface area (Å²) in [5, 5.41) is 6.23. The second-order valence-electron chi connectivity index (χ2n) is 3.41. The molecule has 0 aliphatic heterocycles. The first kappa shape index (κ1) is 10.3. The van der Waals surface area contributed by atoms with Gasteiger partial charge in [-0.25, -0.2) is 9.67 Å². The molecule has 0 spiro atoms. The summed E-state index contributed by atoms with van der Waals surface area (Å²) in [6, 6.07) is 4.31. The summed E-state index contributed by atoms with van der Waals surface area (Å²) >= 11 is 1.70. The van der Waals surface area contributed by atoms with E-state index in [4.69, 9.17) is 5.73 Å². The van der Waals surface area contributed by atoms with Crippen molar-refractivity contribution in [2.45, 2.75) is 25.4 Å². The summed E-state index contributed by atoms with van der Waals surface area (Å²) in [5.41, 5.74) is 6.12. The van der Waals surface area contributed by atoms with Crippen molar-refractivity contribution in [1.29, 1.82) is 0 Å². The molecule has 15 heavy (non-hydrogen) atoms. The van der Waals surface area contributed by atoms with Crippen molar-refractivity contribution in [2.24, 2.45) is 5.73 Å². The lowest BCUT2D eigenvalue weighted by atomic mass is 10.1. The van der Waals surface area contributed by atoms with Gasteiger partial charge in [0.15, 0.2) is 0 Å². The molecular weight excluding hydrogens is 208 g/mol. The maximum Gasteiger partial charge on any atom is 0.137 e. The van der Waals surface area contributed by atoms with E-state index in [0.717, 1.165) is 6.42 Å². The summed E-state index contributed by atoms with van der Waals surface area (Å²) in [5.74, 6) is 0. The third-order valence-corrected chi connectivity index (χ3v) is 3.38. The molecule has 0 aromatic carbocycles. The van der Waals surface area contributed by atoms with Gasteiger partial charge in [0, 0.05) is 10.9 Å². The van der Waals surface area contributed by atoms with Crippen molar-refractivity contribution < 1.29 is 0 Å². The fraction of sp³-hybridized carbons (Fsp3) is 0.400. The number of nitrogens with two attached hydrogens (primary N) is 1. The van der Waals surface area contributed by atoms with E-state index in [1.807, 2.05) is 10.7 Å². The normalized spacial score (nSPS) is 15.1. The summed E-state index contributed by atoms with van der Waals surface area (Å²) in [6.45, 7) is 2.09. The van der Waals surface area contributed by atoms with Crippen LogP contribution < -0.4 is 5.73 Å². The maximum atomic E-state index is 6.12. The Bertz CT molecular complexity index is 347. The van der Waals surface area contributed by atoms with E-state index in [2.05, 4.69) is 28.5 Å². The van der Waals surface area contributed by atoms with Crippen LogP contribution in [0.25, 0.3) is 0 Å². The fourth-order valence-electron chi connectivity index (χ4n) is 1.58. The maximum absolute atomic E-state index is 6.12. The lowest BCUT2D eigenvalue weighted by Crippen LogP contribution is -2.32. The molecule has 80 valence electrons. The van der Waals surface area contributed by atoms with Crippen molar-refractivity contribution in [3.63, 3.8) is 0 Å². The van der Waals surface area contributed by atoms with Crippen LogP contribution in [-0.2, 0) is 0 Å². The minimum atomic E-state index is 0.0744. The molecule has 0 fully saturated rings. The molecule has 0 aliphatic carbocycles. The SMILES string of the molecule is CCC(N)C(c1cccs1)n1cncn1. The highest BCUT2D eigenvalue weighted by atomic mass is 32.1. The number of nitrogens with zero attached hydrogens (tertiary/aromatic N) is 3. The van der Waals surface area contributed by atoms with E-state index in [0.29, 0.717) is 0 Å². The molecule has 0 saturated carbocycles. The smallest absolute Gasteiger partial charge is 0.137 e. The van der Waals surface area contributed by atoms with Gasteiger partial charge in [0.25, 0.3) is 0 Å². The van der Waals surface area contributed by atoms with E-state index < -0.39 is 0 Å². The molecule has 0 aliphatic rings. The van der Waals surface area contributed by atoms with Crippen LogP contribution in [0.1, 0.15) is 24.3 Å². The molecule has 2 aromatic rings. The zero-order chi connectivity index (χ0) is 10.7. The van der Waals surface area contributed by atoms with Crippen molar-refractivity contribution in [3.05, 3.63) is 35.0 Å². The van der Waals surface area contributed by atoms with Crippen LogP contribution in [0, 0.1) is 0 Å². The lowest BCUT2D eigenvalue weighted by molar-refractivity contribution is 0.429. The molecule has 2 unspecified atom stereocenters. The van der Waals surface area contributed by atoms with Crippen LogP contribution in [0.3, 0.4) is 0 Å². The minimum absolute atomic E-state index is 0.0744. The van der Waals surface area contributed by atoms with E-state index in [1.54, 1.807) is 24.0 Å². The third-order valence-electron chi connectivity index (χ3n) is 2.43. The Hall–Kier alpha value is -1.20. The van der Waals surface area contributed by atoms with Crippen molar-refractivity contribution >= 4 is 11.3 Å². The Morgan fingerprint density at radius 1 is 1.60 bits per heavy atom. The molecule has 0 radical (unpaired) electrons. The Balaban J connectivity index is 2.33. The second-order valence-corrected chi connectivity index (χ2v) is 4.39. The van der Waals surface area contributed by atoms with Crippen molar-refractivity contribution in [2.75, 3.05) is 0 Å². The average Bonchev–Trinajstić information content (AvgIpc) is 2.90. The van der Waals surface area contributed by atoms with Gasteiger partial charge in [-0.05, 0) is 17.9 Å². The quantitative estimate of drug-likeness (QED) is 0.856. The molecule has 2 N–H and O–H groups in total.